The molecule has 1 unspecified atom stereocenters. The first-order chi connectivity index (χ1) is 8.31. The molecule has 4 heteroatoms. The Bertz CT molecular complexity index is 376. The second-order valence-electron chi connectivity index (χ2n) is 6.09. The minimum atomic E-state index is 0.0526. The van der Waals surface area contributed by atoms with Crippen LogP contribution in [0.3, 0.4) is 0 Å². The smallest absolute Gasteiger partial charge is 0.0726 e. The molecule has 1 rings (SSSR count). The van der Waals surface area contributed by atoms with E-state index in [0.29, 0.717) is 6.54 Å². The molecular weight excluding hydrogens is 224 g/mol. The van der Waals surface area contributed by atoms with Crippen molar-refractivity contribution in [3.8, 4) is 0 Å². The van der Waals surface area contributed by atoms with Crippen molar-refractivity contribution in [2.45, 2.75) is 45.6 Å². The zero-order valence-corrected chi connectivity index (χ0v) is 12.7. The third-order valence-corrected chi connectivity index (χ3v) is 3.26. The van der Waals surface area contributed by atoms with E-state index in [4.69, 9.17) is 5.73 Å². The normalized spacial score (nSPS) is 14.2. The molecule has 1 atom stereocenters. The lowest BCUT2D eigenvalue weighted by Gasteiger charge is -2.29. The van der Waals surface area contributed by atoms with Crippen LogP contribution in [0.1, 0.15) is 51.4 Å². The standard InChI is InChI=1S/C14H28N4/c1-7-8-17(5)12(9-15)11-10-18(6)16-13(11)14(2,3)4/h10,12H,7-9,15H2,1-6H3. The van der Waals surface area contributed by atoms with Crippen LogP contribution in [0.25, 0.3) is 0 Å². The van der Waals surface area contributed by atoms with Gasteiger partial charge in [0.25, 0.3) is 0 Å². The molecule has 0 aliphatic rings. The second kappa shape index (κ2) is 5.85. The van der Waals surface area contributed by atoms with Gasteiger partial charge in [-0.2, -0.15) is 5.10 Å². The zero-order valence-electron chi connectivity index (χ0n) is 12.7. The molecule has 0 fully saturated rings. The van der Waals surface area contributed by atoms with Gasteiger partial charge in [-0.1, -0.05) is 27.7 Å². The quantitative estimate of drug-likeness (QED) is 0.872. The topological polar surface area (TPSA) is 47.1 Å². The number of nitrogens with zero attached hydrogens (tertiary/aromatic N) is 3. The number of hydrogen-bond acceptors (Lipinski definition) is 3. The van der Waals surface area contributed by atoms with Crippen LogP contribution in [-0.4, -0.2) is 34.8 Å². The van der Waals surface area contributed by atoms with Crippen LogP contribution in [0, 0.1) is 0 Å². The Hall–Kier alpha value is -0.870. The van der Waals surface area contributed by atoms with E-state index in [-0.39, 0.29) is 11.5 Å². The summed E-state index contributed by atoms with van der Waals surface area (Å²) in [6.45, 7) is 10.5. The van der Waals surface area contributed by atoms with E-state index < -0.39 is 0 Å². The minimum absolute atomic E-state index is 0.0526. The molecule has 104 valence electrons. The number of nitrogens with two attached hydrogens (primary N) is 1. The van der Waals surface area contributed by atoms with Crippen LogP contribution in [0.5, 0.6) is 0 Å². The van der Waals surface area contributed by atoms with Crippen LogP contribution >= 0.6 is 0 Å². The molecule has 0 aliphatic carbocycles. The van der Waals surface area contributed by atoms with Gasteiger partial charge >= 0.3 is 0 Å². The first-order valence-electron chi connectivity index (χ1n) is 6.75. The largest absolute Gasteiger partial charge is 0.329 e. The fraction of sp³-hybridized carbons (Fsp3) is 0.786. The molecule has 1 aromatic rings. The van der Waals surface area contributed by atoms with Gasteiger partial charge in [-0.15, -0.1) is 0 Å². The van der Waals surface area contributed by atoms with Crippen molar-refractivity contribution < 1.29 is 0 Å². The van der Waals surface area contributed by atoms with Crippen molar-refractivity contribution in [3.05, 3.63) is 17.5 Å². The van der Waals surface area contributed by atoms with E-state index in [1.807, 2.05) is 11.7 Å². The molecule has 0 radical (unpaired) electrons. The van der Waals surface area contributed by atoms with E-state index in [2.05, 4.69) is 50.9 Å². The molecule has 0 saturated heterocycles. The van der Waals surface area contributed by atoms with Crippen molar-refractivity contribution in [2.75, 3.05) is 20.1 Å². The highest BCUT2D eigenvalue weighted by atomic mass is 15.3. The maximum atomic E-state index is 5.98. The van der Waals surface area contributed by atoms with Crippen molar-refractivity contribution in [1.29, 1.82) is 0 Å². The maximum absolute atomic E-state index is 5.98. The summed E-state index contributed by atoms with van der Waals surface area (Å²) >= 11 is 0. The van der Waals surface area contributed by atoms with Gasteiger partial charge in [0.1, 0.15) is 0 Å². The molecule has 2 N–H and O–H groups in total. The summed E-state index contributed by atoms with van der Waals surface area (Å²) in [7, 11) is 4.12. The van der Waals surface area contributed by atoms with E-state index in [9.17, 15) is 0 Å². The van der Waals surface area contributed by atoms with Gasteiger partial charge in [0.15, 0.2) is 0 Å². The van der Waals surface area contributed by atoms with Gasteiger partial charge in [-0.25, -0.2) is 0 Å². The average Bonchev–Trinajstić information content (AvgIpc) is 2.61. The lowest BCUT2D eigenvalue weighted by molar-refractivity contribution is 0.248. The first kappa shape index (κ1) is 15.2. The Labute approximate surface area is 111 Å². The van der Waals surface area contributed by atoms with Crippen LogP contribution in [0.4, 0.5) is 0 Å². The van der Waals surface area contributed by atoms with Gasteiger partial charge in [-0.3, -0.25) is 9.58 Å². The molecule has 0 spiro atoms. The van der Waals surface area contributed by atoms with E-state index in [1.54, 1.807) is 0 Å². The van der Waals surface area contributed by atoms with Gasteiger partial charge in [0, 0.05) is 30.8 Å². The summed E-state index contributed by atoms with van der Waals surface area (Å²) in [5, 5.41) is 4.63. The molecule has 0 aliphatic heterocycles. The van der Waals surface area contributed by atoms with E-state index in [0.717, 1.165) is 18.7 Å². The highest BCUT2D eigenvalue weighted by Crippen LogP contribution is 2.30. The lowest BCUT2D eigenvalue weighted by atomic mass is 9.87. The van der Waals surface area contributed by atoms with Crippen LogP contribution in [-0.2, 0) is 12.5 Å². The SMILES string of the molecule is CCCN(C)C(CN)c1cn(C)nc1C(C)(C)C. The predicted octanol–water partition coefficient (Wildman–Crippen LogP) is 2.06. The van der Waals surface area contributed by atoms with Crippen LogP contribution < -0.4 is 5.73 Å². The number of likely N-dealkylation sites (N-methyl/N-ethyl adjacent to an activating group) is 1. The van der Waals surface area contributed by atoms with Gasteiger partial charge in [-0.05, 0) is 20.0 Å². The van der Waals surface area contributed by atoms with Crippen molar-refractivity contribution in [2.24, 2.45) is 12.8 Å². The first-order valence-corrected chi connectivity index (χ1v) is 6.75. The number of aromatic nitrogens is 2. The highest BCUT2D eigenvalue weighted by Gasteiger charge is 2.27. The molecule has 0 amide bonds. The molecule has 0 bridgehead atoms. The number of rotatable bonds is 5. The maximum Gasteiger partial charge on any atom is 0.0726 e. The summed E-state index contributed by atoms with van der Waals surface area (Å²) in [5.41, 5.74) is 8.45. The third-order valence-electron chi connectivity index (χ3n) is 3.26. The van der Waals surface area contributed by atoms with E-state index >= 15 is 0 Å². The number of aryl methyl sites for hydroxylation is 1. The molecule has 1 heterocycles. The summed E-state index contributed by atoms with van der Waals surface area (Å²) in [6.07, 6.45) is 3.25. The molecular formula is C14H28N4. The van der Waals surface area contributed by atoms with E-state index in [1.165, 1.54) is 5.56 Å². The lowest BCUT2D eigenvalue weighted by Crippen LogP contribution is -2.32. The fourth-order valence-corrected chi connectivity index (χ4v) is 2.39. The molecule has 1 aromatic heterocycles. The Balaban J connectivity index is 3.13. The molecule has 0 saturated carbocycles. The minimum Gasteiger partial charge on any atom is -0.329 e. The highest BCUT2D eigenvalue weighted by molar-refractivity contribution is 5.27. The molecule has 0 aromatic carbocycles. The summed E-state index contributed by atoms with van der Waals surface area (Å²) in [4.78, 5) is 2.33. The van der Waals surface area contributed by atoms with Crippen molar-refractivity contribution >= 4 is 0 Å². The van der Waals surface area contributed by atoms with Crippen molar-refractivity contribution in [1.82, 2.24) is 14.7 Å². The average molecular weight is 252 g/mol. The molecule has 18 heavy (non-hydrogen) atoms. The molecule has 4 nitrogen and oxygen atoms in total. The van der Waals surface area contributed by atoms with Gasteiger partial charge in [0.05, 0.1) is 11.7 Å². The third kappa shape index (κ3) is 3.33. The number of hydrogen-bond donors (Lipinski definition) is 1. The predicted molar refractivity (Wildman–Crippen MR) is 76.6 cm³/mol. The van der Waals surface area contributed by atoms with Crippen LogP contribution in [0.15, 0.2) is 6.20 Å². The zero-order chi connectivity index (χ0) is 13.9. The van der Waals surface area contributed by atoms with Gasteiger partial charge in [0.2, 0.25) is 0 Å². The Morgan fingerprint density at radius 2 is 2.06 bits per heavy atom. The summed E-state index contributed by atoms with van der Waals surface area (Å²) < 4.78 is 1.90. The summed E-state index contributed by atoms with van der Waals surface area (Å²) in [5.74, 6) is 0. The van der Waals surface area contributed by atoms with Crippen LogP contribution in [0.2, 0.25) is 0 Å². The monoisotopic (exact) mass is 252 g/mol. The second-order valence-corrected chi connectivity index (χ2v) is 6.09. The summed E-state index contributed by atoms with van der Waals surface area (Å²) in [6, 6.07) is 0.257. The Morgan fingerprint density at radius 1 is 1.44 bits per heavy atom. The van der Waals surface area contributed by atoms with Crippen molar-refractivity contribution in [3.63, 3.8) is 0 Å². The Kier molecular flexibility index (Phi) is 4.93. The fourth-order valence-electron chi connectivity index (χ4n) is 2.39. The van der Waals surface area contributed by atoms with Gasteiger partial charge < -0.3 is 5.73 Å². The Morgan fingerprint density at radius 3 is 2.50 bits per heavy atom.